The Morgan fingerprint density at radius 2 is 1.87 bits per heavy atom. The number of nitrogens with zero attached hydrogens (tertiary/aromatic N) is 1. The molecule has 1 N–H and O–H groups in total. The Morgan fingerprint density at radius 3 is 2.52 bits per heavy atom. The predicted molar refractivity (Wildman–Crippen MR) is 92.0 cm³/mol. The van der Waals surface area contributed by atoms with Gasteiger partial charge < -0.3 is 10.2 Å². The van der Waals surface area contributed by atoms with E-state index in [2.05, 4.69) is 17.4 Å². The van der Waals surface area contributed by atoms with Crippen molar-refractivity contribution in [3.8, 4) is 0 Å². The Bertz CT molecular complexity index is 534. The number of amides is 2. The minimum Gasteiger partial charge on any atom is -0.347 e. The molecule has 1 saturated heterocycles. The summed E-state index contributed by atoms with van der Waals surface area (Å²) in [5.74, 6) is -0.0503. The van der Waals surface area contributed by atoms with Crippen molar-refractivity contribution < 1.29 is 9.59 Å². The van der Waals surface area contributed by atoms with Gasteiger partial charge >= 0.3 is 0 Å². The van der Waals surface area contributed by atoms with E-state index in [0.29, 0.717) is 0 Å². The van der Waals surface area contributed by atoms with Crippen molar-refractivity contribution in [1.29, 1.82) is 0 Å². The Labute approximate surface area is 139 Å². The highest BCUT2D eigenvalue weighted by Gasteiger charge is 2.28. The van der Waals surface area contributed by atoms with E-state index in [-0.39, 0.29) is 24.4 Å². The van der Waals surface area contributed by atoms with Crippen LogP contribution in [0.25, 0.3) is 0 Å². The topological polar surface area (TPSA) is 49.4 Å². The number of nitrogens with one attached hydrogen (secondary N) is 1. The van der Waals surface area contributed by atoms with Crippen LogP contribution in [-0.2, 0) is 16.0 Å². The number of hydrogen-bond acceptors (Lipinski definition) is 2. The normalized spacial score (nSPS) is 18.6. The van der Waals surface area contributed by atoms with Crippen LogP contribution in [0.15, 0.2) is 30.3 Å². The van der Waals surface area contributed by atoms with Gasteiger partial charge in [-0.1, -0.05) is 51.1 Å². The van der Waals surface area contributed by atoms with Crippen molar-refractivity contribution >= 4 is 11.8 Å². The molecule has 0 bridgehead atoms. The summed E-state index contributed by atoms with van der Waals surface area (Å²) in [7, 11) is 0. The monoisotopic (exact) mass is 316 g/mol. The summed E-state index contributed by atoms with van der Waals surface area (Å²) in [6.45, 7) is 6.45. The summed E-state index contributed by atoms with van der Waals surface area (Å²) in [4.78, 5) is 26.4. The third-order valence-electron chi connectivity index (χ3n) is 4.34. The molecule has 1 unspecified atom stereocenters. The van der Waals surface area contributed by atoms with Crippen molar-refractivity contribution in [2.75, 3.05) is 13.1 Å². The molecule has 126 valence electrons. The van der Waals surface area contributed by atoms with Gasteiger partial charge in [-0.15, -0.1) is 0 Å². The first-order valence-electron chi connectivity index (χ1n) is 8.49. The van der Waals surface area contributed by atoms with Gasteiger partial charge in [0, 0.05) is 18.0 Å². The van der Waals surface area contributed by atoms with Gasteiger partial charge in [0.25, 0.3) is 0 Å². The van der Waals surface area contributed by atoms with Crippen molar-refractivity contribution in [3.63, 3.8) is 0 Å². The van der Waals surface area contributed by atoms with Crippen molar-refractivity contribution in [3.05, 3.63) is 35.9 Å². The minimum absolute atomic E-state index is 0.0308. The molecule has 0 aliphatic carbocycles. The first-order chi connectivity index (χ1) is 10.9. The van der Waals surface area contributed by atoms with E-state index >= 15 is 0 Å². The maximum atomic E-state index is 12.5. The SMILES string of the molecule is CC(C)(C)C(=O)NCC(=O)N1CCCCC1Cc1ccccc1. The zero-order valence-corrected chi connectivity index (χ0v) is 14.5. The molecule has 2 rings (SSSR count). The molecule has 4 heteroatoms. The summed E-state index contributed by atoms with van der Waals surface area (Å²) in [6, 6.07) is 10.5. The van der Waals surface area contributed by atoms with Crippen LogP contribution in [0.3, 0.4) is 0 Å². The lowest BCUT2D eigenvalue weighted by Gasteiger charge is -2.36. The molecule has 4 nitrogen and oxygen atoms in total. The number of carbonyl (C=O) groups is 2. The van der Waals surface area contributed by atoms with Gasteiger partial charge in [-0.3, -0.25) is 9.59 Å². The molecule has 23 heavy (non-hydrogen) atoms. The maximum Gasteiger partial charge on any atom is 0.242 e. The van der Waals surface area contributed by atoms with Crippen molar-refractivity contribution in [2.45, 2.75) is 52.5 Å². The second kappa shape index (κ2) is 7.62. The van der Waals surface area contributed by atoms with Crippen LogP contribution in [0.2, 0.25) is 0 Å². The predicted octanol–water partition coefficient (Wildman–Crippen LogP) is 2.77. The van der Waals surface area contributed by atoms with Crippen LogP contribution in [0.5, 0.6) is 0 Å². The summed E-state index contributed by atoms with van der Waals surface area (Å²) in [5.41, 5.74) is 0.793. The Morgan fingerprint density at radius 1 is 1.17 bits per heavy atom. The molecule has 1 aromatic rings. The van der Waals surface area contributed by atoms with E-state index < -0.39 is 5.41 Å². The quantitative estimate of drug-likeness (QED) is 0.928. The molecule has 0 saturated carbocycles. The van der Waals surface area contributed by atoms with Gasteiger partial charge in [0.1, 0.15) is 0 Å². The second-order valence-electron chi connectivity index (χ2n) is 7.36. The minimum atomic E-state index is -0.467. The largest absolute Gasteiger partial charge is 0.347 e. The lowest BCUT2D eigenvalue weighted by atomic mass is 9.95. The number of carbonyl (C=O) groups excluding carboxylic acids is 2. The zero-order valence-electron chi connectivity index (χ0n) is 14.5. The Kier molecular flexibility index (Phi) is 5.80. The van der Waals surface area contributed by atoms with Gasteiger partial charge in [0.2, 0.25) is 11.8 Å². The number of benzene rings is 1. The van der Waals surface area contributed by atoms with Crippen LogP contribution < -0.4 is 5.32 Å². The molecule has 2 amide bonds. The first kappa shape index (κ1) is 17.5. The van der Waals surface area contributed by atoms with E-state index in [1.165, 1.54) is 5.56 Å². The third kappa shape index (κ3) is 5.08. The van der Waals surface area contributed by atoms with Gasteiger partial charge in [0.05, 0.1) is 6.54 Å². The summed E-state index contributed by atoms with van der Waals surface area (Å²) >= 11 is 0. The fourth-order valence-corrected chi connectivity index (χ4v) is 2.95. The molecule has 1 atom stereocenters. The molecule has 1 aromatic carbocycles. The number of rotatable bonds is 4. The Hall–Kier alpha value is -1.84. The van der Waals surface area contributed by atoms with Crippen LogP contribution in [0.1, 0.15) is 45.6 Å². The van der Waals surface area contributed by atoms with Crippen LogP contribution in [0.4, 0.5) is 0 Å². The standard InChI is InChI=1S/C19H28N2O2/c1-19(2,3)18(23)20-14-17(22)21-12-8-7-11-16(21)13-15-9-5-4-6-10-15/h4-6,9-10,16H,7-8,11-14H2,1-3H3,(H,20,23). The molecule has 1 heterocycles. The summed E-state index contributed by atoms with van der Waals surface area (Å²) in [5, 5.41) is 2.77. The molecule has 0 spiro atoms. The smallest absolute Gasteiger partial charge is 0.242 e. The van der Waals surface area contributed by atoms with Gasteiger partial charge in [-0.05, 0) is 31.2 Å². The first-order valence-corrected chi connectivity index (χ1v) is 8.49. The third-order valence-corrected chi connectivity index (χ3v) is 4.34. The average molecular weight is 316 g/mol. The van der Waals surface area contributed by atoms with E-state index in [0.717, 1.165) is 32.2 Å². The van der Waals surface area contributed by atoms with Crippen LogP contribution >= 0.6 is 0 Å². The highest BCUT2D eigenvalue weighted by atomic mass is 16.2. The van der Waals surface area contributed by atoms with Gasteiger partial charge in [-0.2, -0.15) is 0 Å². The second-order valence-corrected chi connectivity index (χ2v) is 7.36. The fraction of sp³-hybridized carbons (Fsp3) is 0.579. The number of hydrogen-bond donors (Lipinski definition) is 1. The lowest BCUT2D eigenvalue weighted by molar-refractivity contribution is -0.137. The average Bonchev–Trinajstić information content (AvgIpc) is 2.53. The van der Waals surface area contributed by atoms with E-state index in [9.17, 15) is 9.59 Å². The fourth-order valence-electron chi connectivity index (χ4n) is 2.95. The molecule has 1 aliphatic heterocycles. The highest BCUT2D eigenvalue weighted by molar-refractivity contribution is 5.87. The molecule has 1 fully saturated rings. The molecule has 1 aliphatic rings. The highest BCUT2D eigenvalue weighted by Crippen LogP contribution is 2.21. The lowest BCUT2D eigenvalue weighted by Crippen LogP contribution is -2.49. The molecule has 0 aromatic heterocycles. The number of piperidine rings is 1. The molecular formula is C19H28N2O2. The van der Waals surface area contributed by atoms with Crippen LogP contribution in [0, 0.1) is 5.41 Å². The maximum absolute atomic E-state index is 12.5. The van der Waals surface area contributed by atoms with Crippen molar-refractivity contribution in [2.24, 2.45) is 5.41 Å². The van der Waals surface area contributed by atoms with Gasteiger partial charge in [-0.25, -0.2) is 0 Å². The van der Waals surface area contributed by atoms with Crippen LogP contribution in [-0.4, -0.2) is 35.8 Å². The zero-order chi connectivity index (χ0) is 16.9. The number of likely N-dealkylation sites (tertiary alicyclic amines) is 1. The summed E-state index contributed by atoms with van der Waals surface area (Å²) < 4.78 is 0. The van der Waals surface area contributed by atoms with E-state index in [1.807, 2.05) is 43.9 Å². The van der Waals surface area contributed by atoms with E-state index in [4.69, 9.17) is 0 Å². The molecule has 0 radical (unpaired) electrons. The Balaban J connectivity index is 1.95. The molecular weight excluding hydrogens is 288 g/mol. The van der Waals surface area contributed by atoms with Gasteiger partial charge in [0.15, 0.2) is 0 Å². The van der Waals surface area contributed by atoms with E-state index in [1.54, 1.807) is 0 Å². The summed E-state index contributed by atoms with van der Waals surface area (Å²) in [6.07, 6.45) is 4.13. The van der Waals surface area contributed by atoms with Crippen molar-refractivity contribution in [1.82, 2.24) is 10.2 Å².